The van der Waals surface area contributed by atoms with Crippen molar-refractivity contribution < 1.29 is 13.5 Å². The van der Waals surface area contributed by atoms with Crippen molar-refractivity contribution in [3.63, 3.8) is 0 Å². The maximum Gasteiger partial charge on any atom is 0.387 e. The molecule has 0 bridgehead atoms. The molecule has 0 aliphatic heterocycles. The van der Waals surface area contributed by atoms with Crippen LogP contribution in [0.4, 0.5) is 8.78 Å². The zero-order valence-corrected chi connectivity index (χ0v) is 10.2. The Kier molecular flexibility index (Phi) is 4.00. The van der Waals surface area contributed by atoms with E-state index < -0.39 is 6.61 Å². The van der Waals surface area contributed by atoms with E-state index in [9.17, 15) is 8.78 Å². The molecule has 0 fully saturated rings. The van der Waals surface area contributed by atoms with Crippen LogP contribution in [0.5, 0.6) is 5.75 Å². The molecule has 0 radical (unpaired) electrons. The van der Waals surface area contributed by atoms with Gasteiger partial charge in [-0.3, -0.25) is 0 Å². The van der Waals surface area contributed by atoms with Gasteiger partial charge < -0.3 is 4.74 Å². The lowest BCUT2D eigenvalue weighted by Gasteiger charge is -2.07. The van der Waals surface area contributed by atoms with Gasteiger partial charge in [-0.25, -0.2) is 0 Å². The summed E-state index contributed by atoms with van der Waals surface area (Å²) in [5, 5.41) is 0. The molecule has 0 aliphatic carbocycles. The highest BCUT2D eigenvalue weighted by Gasteiger charge is 2.08. The van der Waals surface area contributed by atoms with E-state index in [2.05, 4.69) is 49.2 Å². The Bertz CT molecular complexity index is 296. The highest BCUT2D eigenvalue weighted by Crippen LogP contribution is 2.34. The number of alkyl halides is 2. The lowest BCUT2D eigenvalue weighted by atomic mass is 10.3. The molecule has 0 saturated carbocycles. The van der Waals surface area contributed by atoms with Crippen molar-refractivity contribution >= 4 is 44.5 Å². The third-order valence-corrected chi connectivity index (χ3v) is 3.88. The van der Waals surface area contributed by atoms with Crippen LogP contribution in [0.25, 0.3) is 0 Å². The van der Waals surface area contributed by atoms with Gasteiger partial charge in [-0.15, -0.1) is 12.6 Å². The molecule has 0 aromatic heterocycles. The van der Waals surface area contributed by atoms with Crippen LogP contribution in [0.3, 0.4) is 0 Å². The van der Waals surface area contributed by atoms with Crippen molar-refractivity contribution in [3.8, 4) is 5.75 Å². The quantitative estimate of drug-likeness (QED) is 0.802. The first-order valence-electron chi connectivity index (χ1n) is 3.13. The molecule has 0 N–H and O–H groups in total. The molecule has 0 amide bonds. The summed E-state index contributed by atoms with van der Waals surface area (Å²) in [5.41, 5.74) is 0. The first-order chi connectivity index (χ1) is 6.00. The van der Waals surface area contributed by atoms with E-state index in [1.807, 2.05) is 0 Å². The normalized spacial score (nSPS) is 10.6. The maximum atomic E-state index is 11.8. The topological polar surface area (TPSA) is 9.23 Å². The molecule has 0 heterocycles. The second kappa shape index (κ2) is 4.61. The number of thiol groups is 1. The molecule has 0 aliphatic rings. The smallest absolute Gasteiger partial charge is 0.387 e. The molecule has 1 nitrogen and oxygen atoms in total. The molecule has 0 spiro atoms. The SMILES string of the molecule is FC(F)Oc1cc(S)c(Br)c(Br)c1. The highest BCUT2D eigenvalue weighted by molar-refractivity contribution is 9.13. The number of hydrogen-bond acceptors (Lipinski definition) is 2. The molecule has 1 rings (SSSR count). The Morgan fingerprint density at radius 2 is 1.92 bits per heavy atom. The fourth-order valence-electron chi connectivity index (χ4n) is 0.721. The fraction of sp³-hybridized carbons (Fsp3) is 0.143. The largest absolute Gasteiger partial charge is 0.435 e. The first kappa shape index (κ1) is 11.3. The van der Waals surface area contributed by atoms with Crippen molar-refractivity contribution in [1.82, 2.24) is 0 Å². The van der Waals surface area contributed by atoms with Gasteiger partial charge in [-0.2, -0.15) is 8.78 Å². The molecule has 0 atom stereocenters. The van der Waals surface area contributed by atoms with Gasteiger partial charge in [0.25, 0.3) is 0 Å². The van der Waals surface area contributed by atoms with E-state index >= 15 is 0 Å². The van der Waals surface area contributed by atoms with Gasteiger partial charge >= 0.3 is 6.61 Å². The Morgan fingerprint density at radius 1 is 1.31 bits per heavy atom. The number of hydrogen-bond donors (Lipinski definition) is 1. The lowest BCUT2D eigenvalue weighted by Crippen LogP contribution is -2.01. The van der Waals surface area contributed by atoms with Crippen LogP contribution in [-0.4, -0.2) is 6.61 Å². The molecule has 1 aromatic carbocycles. The molecule has 72 valence electrons. The summed E-state index contributed by atoms with van der Waals surface area (Å²) in [7, 11) is 0. The summed E-state index contributed by atoms with van der Waals surface area (Å²) in [5.74, 6) is 0.0788. The number of halogens is 4. The predicted octanol–water partition coefficient (Wildman–Crippen LogP) is 4.10. The summed E-state index contributed by atoms with van der Waals surface area (Å²) in [6, 6.07) is 2.85. The van der Waals surface area contributed by atoms with Gasteiger partial charge in [0.05, 0.1) is 0 Å². The van der Waals surface area contributed by atoms with Crippen LogP contribution < -0.4 is 4.74 Å². The molecular weight excluding hydrogens is 330 g/mol. The third-order valence-electron chi connectivity index (χ3n) is 1.21. The molecule has 0 saturated heterocycles. The first-order valence-corrected chi connectivity index (χ1v) is 5.17. The van der Waals surface area contributed by atoms with E-state index in [1.54, 1.807) is 0 Å². The Morgan fingerprint density at radius 3 is 2.38 bits per heavy atom. The van der Waals surface area contributed by atoms with Crippen LogP contribution in [0.1, 0.15) is 0 Å². The van der Waals surface area contributed by atoms with Crippen LogP contribution in [0.15, 0.2) is 26.0 Å². The Labute approximate surface area is 96.1 Å². The molecular formula is C7H4Br2F2OS. The van der Waals surface area contributed by atoms with Crippen molar-refractivity contribution in [1.29, 1.82) is 0 Å². The van der Waals surface area contributed by atoms with Gasteiger partial charge in [0.15, 0.2) is 0 Å². The minimum Gasteiger partial charge on any atom is -0.435 e. The van der Waals surface area contributed by atoms with Crippen molar-refractivity contribution in [2.45, 2.75) is 11.5 Å². The second-order valence-corrected chi connectivity index (χ2v) is 4.25. The van der Waals surface area contributed by atoms with Crippen molar-refractivity contribution in [3.05, 3.63) is 21.1 Å². The second-order valence-electron chi connectivity index (χ2n) is 2.12. The molecule has 13 heavy (non-hydrogen) atoms. The Hall–Kier alpha value is 0.190. The van der Waals surface area contributed by atoms with Gasteiger partial charge in [-0.1, -0.05) is 0 Å². The average molecular weight is 334 g/mol. The standard InChI is InChI=1S/C7H4Br2F2OS/c8-4-1-3(12-7(10)11)2-5(13)6(4)9/h1-2,7,13H. The predicted molar refractivity (Wildman–Crippen MR) is 55.7 cm³/mol. The number of benzene rings is 1. The minimum atomic E-state index is -2.82. The zero-order chi connectivity index (χ0) is 10.0. The van der Waals surface area contributed by atoms with Crippen molar-refractivity contribution in [2.75, 3.05) is 0 Å². The van der Waals surface area contributed by atoms with E-state index in [-0.39, 0.29) is 5.75 Å². The fourth-order valence-corrected chi connectivity index (χ4v) is 1.79. The van der Waals surface area contributed by atoms with Crippen LogP contribution in [-0.2, 0) is 0 Å². The summed E-state index contributed by atoms with van der Waals surface area (Å²) in [4.78, 5) is 0.532. The zero-order valence-electron chi connectivity index (χ0n) is 6.10. The van der Waals surface area contributed by atoms with E-state index in [0.29, 0.717) is 13.8 Å². The van der Waals surface area contributed by atoms with Gasteiger partial charge in [-0.05, 0) is 44.0 Å². The lowest BCUT2D eigenvalue weighted by molar-refractivity contribution is -0.0500. The van der Waals surface area contributed by atoms with Gasteiger partial charge in [0, 0.05) is 13.8 Å². The van der Waals surface area contributed by atoms with Crippen LogP contribution in [0.2, 0.25) is 0 Å². The molecule has 1 aromatic rings. The number of ether oxygens (including phenoxy) is 1. The summed E-state index contributed by atoms with van der Waals surface area (Å²) < 4.78 is 29.1. The average Bonchev–Trinajstić information content (AvgIpc) is 1.98. The van der Waals surface area contributed by atoms with E-state index in [1.165, 1.54) is 12.1 Å². The maximum absolute atomic E-state index is 11.8. The van der Waals surface area contributed by atoms with Crippen LogP contribution in [0, 0.1) is 0 Å². The number of rotatable bonds is 2. The minimum absolute atomic E-state index is 0.0788. The van der Waals surface area contributed by atoms with Crippen LogP contribution >= 0.6 is 44.5 Å². The summed E-state index contributed by atoms with van der Waals surface area (Å²) in [6.45, 7) is -2.82. The summed E-state index contributed by atoms with van der Waals surface area (Å²) >= 11 is 10.4. The summed E-state index contributed by atoms with van der Waals surface area (Å²) in [6.07, 6.45) is 0. The van der Waals surface area contributed by atoms with Crippen molar-refractivity contribution in [2.24, 2.45) is 0 Å². The van der Waals surface area contributed by atoms with Gasteiger partial charge in [0.2, 0.25) is 0 Å². The highest BCUT2D eigenvalue weighted by atomic mass is 79.9. The Balaban J connectivity index is 2.99. The monoisotopic (exact) mass is 332 g/mol. The molecule has 6 heteroatoms. The third kappa shape index (κ3) is 3.11. The van der Waals surface area contributed by atoms with Gasteiger partial charge in [0.1, 0.15) is 5.75 Å². The van der Waals surface area contributed by atoms with E-state index in [4.69, 9.17) is 0 Å². The molecule has 0 unspecified atom stereocenters. The van der Waals surface area contributed by atoms with E-state index in [0.717, 1.165) is 0 Å².